The number of hydrogen-bond donors (Lipinski definition) is 0. The van der Waals surface area contributed by atoms with Crippen LogP contribution in [0, 0.1) is 12.8 Å². The minimum atomic E-state index is -0.270. The molecule has 4 aromatic carbocycles. The maximum absolute atomic E-state index is 5.36. The number of hydrogen-bond acceptors (Lipinski definition) is 1. The summed E-state index contributed by atoms with van der Waals surface area (Å²) in [5.41, 5.74) is 9.48. The lowest BCUT2D eigenvalue weighted by molar-refractivity contribution is 0.470. The van der Waals surface area contributed by atoms with Crippen LogP contribution in [0.15, 0.2) is 120 Å². The van der Waals surface area contributed by atoms with Gasteiger partial charge in [-0.2, -0.15) is 0 Å². The van der Waals surface area contributed by atoms with Crippen LogP contribution in [0.5, 0.6) is 0 Å². The van der Waals surface area contributed by atoms with E-state index in [9.17, 15) is 0 Å². The molecule has 0 saturated carbocycles. The van der Waals surface area contributed by atoms with E-state index >= 15 is 0 Å². The van der Waals surface area contributed by atoms with Crippen molar-refractivity contribution in [3.63, 3.8) is 0 Å². The Balaban J connectivity index is 1.61. The highest BCUT2D eigenvalue weighted by Gasteiger charge is 2.47. The molecule has 174 valence electrons. The van der Waals surface area contributed by atoms with Crippen LogP contribution in [0.4, 0.5) is 5.69 Å². The molecule has 2 heteroatoms. The SMILES string of the molecule is Cc1ccc(-n2c3ccccc3c3ccc4c(c32)C(C)(C2C=CC=CC2)C(c2ccccc2)=N4)cc1. The smallest absolute Gasteiger partial charge is 0.0696 e. The van der Waals surface area contributed by atoms with Crippen LogP contribution in [-0.4, -0.2) is 10.3 Å². The molecular formula is C34H28N2. The summed E-state index contributed by atoms with van der Waals surface area (Å²) in [6.45, 7) is 4.56. The molecule has 1 aliphatic heterocycles. The van der Waals surface area contributed by atoms with E-state index in [2.05, 4.69) is 134 Å². The molecule has 0 amide bonds. The quantitative estimate of drug-likeness (QED) is 0.254. The summed E-state index contributed by atoms with van der Waals surface area (Å²) < 4.78 is 2.47. The highest BCUT2D eigenvalue weighted by atomic mass is 15.0. The van der Waals surface area contributed by atoms with Gasteiger partial charge in [-0.15, -0.1) is 0 Å². The van der Waals surface area contributed by atoms with Crippen LogP contribution in [0.3, 0.4) is 0 Å². The highest BCUT2D eigenvalue weighted by Crippen LogP contribution is 2.53. The van der Waals surface area contributed by atoms with Gasteiger partial charge in [-0.25, -0.2) is 0 Å². The van der Waals surface area contributed by atoms with Crippen molar-refractivity contribution in [3.05, 3.63) is 132 Å². The van der Waals surface area contributed by atoms with Crippen molar-refractivity contribution in [3.8, 4) is 5.69 Å². The van der Waals surface area contributed by atoms with Gasteiger partial charge in [0.25, 0.3) is 0 Å². The van der Waals surface area contributed by atoms with E-state index in [1.807, 2.05) is 0 Å². The predicted octanol–water partition coefficient (Wildman–Crippen LogP) is 8.62. The van der Waals surface area contributed by atoms with Gasteiger partial charge in [0.05, 0.1) is 22.4 Å². The maximum atomic E-state index is 5.36. The van der Waals surface area contributed by atoms with Crippen LogP contribution in [-0.2, 0) is 5.41 Å². The summed E-state index contributed by atoms with van der Waals surface area (Å²) in [7, 11) is 0. The van der Waals surface area contributed by atoms with E-state index in [4.69, 9.17) is 4.99 Å². The number of rotatable bonds is 3. The Bertz CT molecular complexity index is 1710. The van der Waals surface area contributed by atoms with Crippen LogP contribution >= 0.6 is 0 Å². The fraction of sp³-hybridized carbons (Fsp3) is 0.147. The molecule has 0 fully saturated rings. The van der Waals surface area contributed by atoms with Gasteiger partial charge in [-0.05, 0) is 56.0 Å². The van der Waals surface area contributed by atoms with Crippen molar-refractivity contribution < 1.29 is 0 Å². The first kappa shape index (κ1) is 21.1. The lowest BCUT2D eigenvalue weighted by Crippen LogP contribution is -2.38. The van der Waals surface area contributed by atoms with Gasteiger partial charge < -0.3 is 4.57 Å². The van der Waals surface area contributed by atoms with Gasteiger partial charge in [0.2, 0.25) is 0 Å². The van der Waals surface area contributed by atoms with Crippen molar-refractivity contribution in [2.45, 2.75) is 25.7 Å². The van der Waals surface area contributed by atoms with Crippen molar-refractivity contribution in [1.82, 2.24) is 4.57 Å². The predicted molar refractivity (Wildman–Crippen MR) is 152 cm³/mol. The summed E-state index contributed by atoms with van der Waals surface area (Å²) in [4.78, 5) is 5.36. The first-order valence-electron chi connectivity index (χ1n) is 12.8. The molecule has 0 bridgehead atoms. The first-order valence-corrected chi connectivity index (χ1v) is 12.8. The maximum Gasteiger partial charge on any atom is 0.0696 e. The normalized spacial score (nSPS) is 20.7. The topological polar surface area (TPSA) is 17.3 Å². The third-order valence-corrected chi connectivity index (χ3v) is 8.12. The third kappa shape index (κ3) is 2.94. The van der Waals surface area contributed by atoms with E-state index in [-0.39, 0.29) is 5.41 Å². The van der Waals surface area contributed by atoms with E-state index in [0.717, 1.165) is 17.8 Å². The Morgan fingerprint density at radius 1 is 0.806 bits per heavy atom. The Morgan fingerprint density at radius 3 is 2.36 bits per heavy atom. The Morgan fingerprint density at radius 2 is 1.58 bits per heavy atom. The Hall–Kier alpha value is -4.17. The van der Waals surface area contributed by atoms with Gasteiger partial charge in [-0.3, -0.25) is 4.99 Å². The summed E-state index contributed by atoms with van der Waals surface area (Å²) in [5, 5.41) is 2.57. The molecule has 2 nitrogen and oxygen atoms in total. The molecular weight excluding hydrogens is 436 g/mol. The number of aromatic nitrogens is 1. The van der Waals surface area contributed by atoms with Gasteiger partial charge in [0, 0.05) is 27.4 Å². The van der Waals surface area contributed by atoms with E-state index in [1.54, 1.807) is 0 Å². The molecule has 36 heavy (non-hydrogen) atoms. The average Bonchev–Trinajstić information content (AvgIpc) is 3.43. The number of nitrogens with zero attached hydrogens (tertiary/aromatic N) is 2. The molecule has 2 atom stereocenters. The monoisotopic (exact) mass is 464 g/mol. The van der Waals surface area contributed by atoms with Crippen molar-refractivity contribution in [2.24, 2.45) is 10.9 Å². The van der Waals surface area contributed by atoms with Crippen LogP contribution in [0.25, 0.3) is 27.5 Å². The average molecular weight is 465 g/mol. The summed E-state index contributed by atoms with van der Waals surface area (Å²) in [5.74, 6) is 0.317. The third-order valence-electron chi connectivity index (χ3n) is 8.12. The number of allylic oxidation sites excluding steroid dienone is 4. The molecule has 0 radical (unpaired) electrons. The first-order chi connectivity index (χ1) is 17.7. The largest absolute Gasteiger partial charge is 0.309 e. The summed E-state index contributed by atoms with van der Waals surface area (Å²) in [6, 6.07) is 32.9. The zero-order valence-corrected chi connectivity index (χ0v) is 20.6. The second-order valence-corrected chi connectivity index (χ2v) is 10.2. The summed E-state index contributed by atoms with van der Waals surface area (Å²) in [6.07, 6.45) is 10.0. The van der Waals surface area contributed by atoms with Gasteiger partial charge in [0.1, 0.15) is 0 Å². The Labute approximate surface area is 211 Å². The van der Waals surface area contributed by atoms with Crippen molar-refractivity contribution in [2.75, 3.05) is 0 Å². The molecule has 5 aromatic rings. The fourth-order valence-electron chi connectivity index (χ4n) is 6.30. The number of para-hydroxylation sites is 1. The van der Waals surface area contributed by atoms with Crippen molar-refractivity contribution >= 4 is 33.2 Å². The highest BCUT2D eigenvalue weighted by molar-refractivity contribution is 6.19. The molecule has 1 aromatic heterocycles. The number of benzene rings is 4. The number of fused-ring (bicyclic) bond motifs is 5. The number of aryl methyl sites for hydroxylation is 1. The van der Waals surface area contributed by atoms with E-state index in [1.165, 1.54) is 44.2 Å². The number of aliphatic imine (C=N–C) groups is 1. The molecule has 0 spiro atoms. The minimum Gasteiger partial charge on any atom is -0.309 e. The van der Waals surface area contributed by atoms with Crippen LogP contribution < -0.4 is 0 Å². The van der Waals surface area contributed by atoms with Crippen LogP contribution in [0.1, 0.15) is 30.0 Å². The summed E-state index contributed by atoms with van der Waals surface area (Å²) >= 11 is 0. The molecule has 2 aliphatic rings. The zero-order chi connectivity index (χ0) is 24.3. The van der Waals surface area contributed by atoms with Gasteiger partial charge in [-0.1, -0.05) is 96.6 Å². The van der Waals surface area contributed by atoms with Crippen LogP contribution in [0.2, 0.25) is 0 Å². The Kier molecular flexibility index (Phi) is 4.65. The standard InChI is InChI=1S/C34H28N2/c1-23-17-19-26(20-18-23)36-30-16-10-9-15-27(30)28-21-22-29-31(32(28)36)34(2,25-13-7-4-8-14-25)33(35-29)24-11-5-3-6-12-24/h3-13,15-22,25H,14H2,1-2H3. The molecule has 0 N–H and O–H groups in total. The lowest BCUT2D eigenvalue weighted by Gasteiger charge is -2.36. The van der Waals surface area contributed by atoms with Gasteiger partial charge >= 0.3 is 0 Å². The van der Waals surface area contributed by atoms with Crippen molar-refractivity contribution in [1.29, 1.82) is 0 Å². The van der Waals surface area contributed by atoms with E-state index in [0.29, 0.717) is 5.92 Å². The molecule has 2 heterocycles. The zero-order valence-electron chi connectivity index (χ0n) is 20.6. The second-order valence-electron chi connectivity index (χ2n) is 10.2. The molecule has 1 aliphatic carbocycles. The molecule has 7 rings (SSSR count). The van der Waals surface area contributed by atoms with E-state index < -0.39 is 0 Å². The minimum absolute atomic E-state index is 0.270. The van der Waals surface area contributed by atoms with Gasteiger partial charge in [0.15, 0.2) is 0 Å². The fourth-order valence-corrected chi connectivity index (χ4v) is 6.30. The second kappa shape index (κ2) is 7.93. The lowest BCUT2D eigenvalue weighted by atomic mass is 9.65. The molecule has 0 saturated heterocycles. The molecule has 2 unspecified atom stereocenters.